The maximum Gasteiger partial charge on any atom is 0.129 e. The molecule has 0 aliphatic heterocycles. The number of imidazole rings is 1. The van der Waals surface area contributed by atoms with E-state index in [1.165, 1.54) is 18.2 Å². The van der Waals surface area contributed by atoms with Crippen molar-refractivity contribution in [2.45, 2.75) is 12.8 Å². The summed E-state index contributed by atoms with van der Waals surface area (Å²) < 4.78 is 29.6. The fourth-order valence-electron chi connectivity index (χ4n) is 2.27. The van der Waals surface area contributed by atoms with Crippen molar-refractivity contribution in [2.75, 3.05) is 0 Å². The fourth-order valence-corrected chi connectivity index (χ4v) is 3.17. The summed E-state index contributed by atoms with van der Waals surface area (Å²) in [5.74, 6) is 0.175. The Morgan fingerprint density at radius 3 is 2.67 bits per heavy atom. The summed E-state index contributed by atoms with van der Waals surface area (Å²) in [6, 6.07) is 7.63. The number of benzene rings is 2. The standard InChI is InChI=1S/C15H10ClF2IN2/c1-8-4-14-12(6-10(8)18)20-15(7-16)21(14)13-3-2-9(17)5-11(13)19/h2-6H,7H2,1H3. The first-order valence-electron chi connectivity index (χ1n) is 6.20. The number of nitrogens with zero attached hydrogens (tertiary/aromatic N) is 2. The van der Waals surface area contributed by atoms with Crippen molar-refractivity contribution in [3.8, 4) is 5.69 Å². The van der Waals surface area contributed by atoms with Crippen LogP contribution in [0.4, 0.5) is 8.78 Å². The molecule has 3 aromatic rings. The van der Waals surface area contributed by atoms with Gasteiger partial charge in [-0.1, -0.05) is 0 Å². The highest BCUT2D eigenvalue weighted by molar-refractivity contribution is 14.1. The van der Waals surface area contributed by atoms with Crippen LogP contribution in [-0.4, -0.2) is 9.55 Å². The topological polar surface area (TPSA) is 17.8 Å². The van der Waals surface area contributed by atoms with Gasteiger partial charge in [0.25, 0.3) is 0 Å². The normalized spacial score (nSPS) is 11.3. The van der Waals surface area contributed by atoms with E-state index >= 15 is 0 Å². The first-order valence-corrected chi connectivity index (χ1v) is 7.81. The SMILES string of the molecule is Cc1cc2c(cc1F)nc(CCl)n2-c1ccc(F)cc1I. The van der Waals surface area contributed by atoms with Gasteiger partial charge in [0.1, 0.15) is 17.5 Å². The number of rotatable bonds is 2. The maximum absolute atomic E-state index is 13.7. The Labute approximate surface area is 138 Å². The van der Waals surface area contributed by atoms with Gasteiger partial charge < -0.3 is 0 Å². The molecule has 1 aromatic heterocycles. The van der Waals surface area contributed by atoms with E-state index in [0.717, 1.165) is 14.8 Å². The lowest BCUT2D eigenvalue weighted by atomic mass is 10.2. The lowest BCUT2D eigenvalue weighted by Gasteiger charge is -2.10. The van der Waals surface area contributed by atoms with Crippen molar-refractivity contribution in [3.05, 3.63) is 56.9 Å². The molecule has 0 aliphatic rings. The molecule has 0 aliphatic carbocycles. The number of alkyl halides is 1. The first kappa shape index (κ1) is 14.7. The van der Waals surface area contributed by atoms with E-state index in [1.54, 1.807) is 19.1 Å². The first-order chi connectivity index (χ1) is 10.0. The van der Waals surface area contributed by atoms with E-state index in [2.05, 4.69) is 27.6 Å². The molecule has 0 saturated heterocycles. The number of fused-ring (bicyclic) bond motifs is 1. The lowest BCUT2D eigenvalue weighted by molar-refractivity contribution is 0.620. The largest absolute Gasteiger partial charge is 0.294 e. The highest BCUT2D eigenvalue weighted by Crippen LogP contribution is 2.28. The van der Waals surface area contributed by atoms with Crippen LogP contribution < -0.4 is 0 Å². The van der Waals surface area contributed by atoms with Gasteiger partial charge >= 0.3 is 0 Å². The molecule has 0 radical (unpaired) electrons. The molecule has 0 saturated carbocycles. The number of hydrogen-bond donors (Lipinski definition) is 0. The molecule has 0 fully saturated rings. The molecule has 1 heterocycles. The molecule has 108 valence electrons. The number of aromatic nitrogens is 2. The lowest BCUT2D eigenvalue weighted by Crippen LogP contribution is -2.02. The number of aryl methyl sites for hydroxylation is 1. The smallest absolute Gasteiger partial charge is 0.129 e. The highest BCUT2D eigenvalue weighted by Gasteiger charge is 2.16. The average Bonchev–Trinajstić information content (AvgIpc) is 2.77. The quantitative estimate of drug-likeness (QED) is 0.425. The van der Waals surface area contributed by atoms with Crippen LogP contribution in [0.25, 0.3) is 16.7 Å². The van der Waals surface area contributed by atoms with E-state index in [-0.39, 0.29) is 17.5 Å². The molecular weight excluding hydrogens is 409 g/mol. The summed E-state index contributed by atoms with van der Waals surface area (Å²) in [4.78, 5) is 4.37. The van der Waals surface area contributed by atoms with Gasteiger partial charge in [-0.3, -0.25) is 4.57 Å². The van der Waals surface area contributed by atoms with Crippen LogP contribution in [0.3, 0.4) is 0 Å². The molecule has 0 N–H and O–H groups in total. The second-order valence-electron chi connectivity index (χ2n) is 4.68. The molecular formula is C15H10ClF2IN2. The predicted octanol–water partition coefficient (Wildman–Crippen LogP) is 4.96. The van der Waals surface area contributed by atoms with Gasteiger partial charge in [-0.25, -0.2) is 13.8 Å². The van der Waals surface area contributed by atoms with Gasteiger partial charge in [0.05, 0.1) is 22.6 Å². The molecule has 2 aromatic carbocycles. The van der Waals surface area contributed by atoms with Crippen LogP contribution in [0.1, 0.15) is 11.4 Å². The Kier molecular flexibility index (Phi) is 3.88. The monoisotopic (exact) mass is 418 g/mol. The van der Waals surface area contributed by atoms with Crippen molar-refractivity contribution in [1.82, 2.24) is 9.55 Å². The highest BCUT2D eigenvalue weighted by atomic mass is 127. The fraction of sp³-hybridized carbons (Fsp3) is 0.133. The number of hydrogen-bond acceptors (Lipinski definition) is 1. The summed E-state index contributed by atoms with van der Waals surface area (Å²) in [6.07, 6.45) is 0. The summed E-state index contributed by atoms with van der Waals surface area (Å²) in [6.45, 7) is 1.70. The van der Waals surface area contributed by atoms with E-state index in [1.807, 2.05) is 4.57 Å². The Morgan fingerprint density at radius 1 is 1.24 bits per heavy atom. The van der Waals surface area contributed by atoms with Crippen LogP contribution in [0.15, 0.2) is 30.3 Å². The summed E-state index contributed by atoms with van der Waals surface area (Å²) in [5, 5.41) is 0. The van der Waals surface area contributed by atoms with E-state index in [0.29, 0.717) is 16.9 Å². The Hall–Kier alpha value is -1.21. The second-order valence-corrected chi connectivity index (χ2v) is 6.11. The van der Waals surface area contributed by atoms with Crippen LogP contribution in [-0.2, 0) is 5.88 Å². The van der Waals surface area contributed by atoms with Crippen LogP contribution in [0, 0.1) is 22.1 Å². The molecule has 0 spiro atoms. The maximum atomic E-state index is 13.7. The van der Waals surface area contributed by atoms with Crippen LogP contribution in [0.2, 0.25) is 0 Å². The minimum absolute atomic E-state index is 0.183. The van der Waals surface area contributed by atoms with Crippen molar-refractivity contribution < 1.29 is 8.78 Å². The van der Waals surface area contributed by atoms with Crippen molar-refractivity contribution in [1.29, 1.82) is 0 Å². The average molecular weight is 419 g/mol. The van der Waals surface area contributed by atoms with Crippen LogP contribution >= 0.6 is 34.2 Å². The Bertz CT molecular complexity index is 845. The zero-order valence-corrected chi connectivity index (χ0v) is 13.9. The van der Waals surface area contributed by atoms with Crippen LogP contribution in [0.5, 0.6) is 0 Å². The molecule has 6 heteroatoms. The summed E-state index contributed by atoms with van der Waals surface area (Å²) in [5.41, 5.74) is 2.60. The second kappa shape index (κ2) is 5.53. The minimum atomic E-state index is -0.304. The van der Waals surface area contributed by atoms with E-state index in [4.69, 9.17) is 11.6 Å². The molecule has 0 unspecified atom stereocenters. The van der Waals surface area contributed by atoms with Crippen molar-refractivity contribution in [3.63, 3.8) is 0 Å². The van der Waals surface area contributed by atoms with Gasteiger partial charge in [0.15, 0.2) is 0 Å². The van der Waals surface area contributed by atoms with Gasteiger partial charge in [0.2, 0.25) is 0 Å². The summed E-state index contributed by atoms with van der Waals surface area (Å²) >= 11 is 8.03. The molecule has 0 bridgehead atoms. The summed E-state index contributed by atoms with van der Waals surface area (Å²) in [7, 11) is 0. The predicted molar refractivity (Wildman–Crippen MR) is 88.0 cm³/mol. The molecule has 0 atom stereocenters. The van der Waals surface area contributed by atoms with Gasteiger partial charge in [-0.05, 0) is 59.3 Å². The number of halogens is 4. The third kappa shape index (κ3) is 2.53. The van der Waals surface area contributed by atoms with Gasteiger partial charge in [0, 0.05) is 9.64 Å². The third-order valence-corrected chi connectivity index (χ3v) is 4.38. The Morgan fingerprint density at radius 2 is 2.00 bits per heavy atom. The third-order valence-electron chi connectivity index (χ3n) is 3.27. The Balaban J connectivity index is 2.37. The zero-order valence-electron chi connectivity index (χ0n) is 11.0. The molecule has 21 heavy (non-hydrogen) atoms. The van der Waals surface area contributed by atoms with Crippen molar-refractivity contribution in [2.24, 2.45) is 0 Å². The molecule has 3 rings (SSSR count). The zero-order chi connectivity index (χ0) is 15.1. The van der Waals surface area contributed by atoms with E-state index < -0.39 is 0 Å². The minimum Gasteiger partial charge on any atom is -0.294 e. The van der Waals surface area contributed by atoms with E-state index in [9.17, 15) is 8.78 Å². The van der Waals surface area contributed by atoms with Gasteiger partial charge in [-0.15, -0.1) is 11.6 Å². The molecule has 2 nitrogen and oxygen atoms in total. The molecule has 0 amide bonds. The van der Waals surface area contributed by atoms with Crippen molar-refractivity contribution >= 4 is 45.2 Å². The van der Waals surface area contributed by atoms with Gasteiger partial charge in [-0.2, -0.15) is 0 Å².